The van der Waals surface area contributed by atoms with Crippen LogP contribution in [0.25, 0.3) is 0 Å². The smallest absolute Gasteiger partial charge is 0.224 e. The lowest BCUT2D eigenvalue weighted by Crippen LogP contribution is -2.34. The Hall–Kier alpha value is -1.59. The van der Waals surface area contributed by atoms with Crippen molar-refractivity contribution in [3.63, 3.8) is 0 Å². The van der Waals surface area contributed by atoms with E-state index in [-0.39, 0.29) is 23.8 Å². The number of hydrogen-bond acceptors (Lipinski definition) is 3. The van der Waals surface area contributed by atoms with E-state index in [1.54, 1.807) is 9.80 Å². The molecule has 106 valence electrons. The lowest BCUT2D eigenvalue weighted by Gasteiger charge is -2.18. The highest BCUT2D eigenvalue weighted by Crippen LogP contribution is 2.14. The highest BCUT2D eigenvalue weighted by molar-refractivity contribution is 5.80. The molecular weight excluding hydrogens is 246 g/mol. The average Bonchev–Trinajstić information content (AvgIpc) is 3.04. The topological polar surface area (TPSA) is 69.7 Å². The van der Waals surface area contributed by atoms with E-state index in [4.69, 9.17) is 0 Å². The van der Waals surface area contributed by atoms with Gasteiger partial charge in [0.25, 0.3) is 0 Å². The monoisotopic (exact) mass is 267 g/mol. The van der Waals surface area contributed by atoms with Gasteiger partial charge in [-0.3, -0.25) is 14.4 Å². The normalized spacial score (nSPS) is 22.8. The van der Waals surface area contributed by atoms with Gasteiger partial charge in [-0.1, -0.05) is 6.92 Å². The minimum atomic E-state index is 0.0764. The van der Waals surface area contributed by atoms with E-state index >= 15 is 0 Å². The predicted octanol–water partition coefficient (Wildman–Crippen LogP) is 0.0835. The minimum Gasteiger partial charge on any atom is -0.353 e. The third kappa shape index (κ3) is 3.45. The van der Waals surface area contributed by atoms with Crippen molar-refractivity contribution >= 4 is 17.7 Å². The van der Waals surface area contributed by atoms with Gasteiger partial charge in [0, 0.05) is 38.4 Å². The van der Waals surface area contributed by atoms with Crippen molar-refractivity contribution in [1.82, 2.24) is 15.1 Å². The van der Waals surface area contributed by atoms with Crippen LogP contribution in [-0.4, -0.2) is 53.3 Å². The number of nitrogens with one attached hydrogen (secondary N) is 1. The molecule has 0 aromatic carbocycles. The van der Waals surface area contributed by atoms with Crippen LogP contribution in [0.5, 0.6) is 0 Å². The lowest BCUT2D eigenvalue weighted by molar-refractivity contribution is -0.134. The van der Waals surface area contributed by atoms with Crippen LogP contribution in [0.4, 0.5) is 0 Å². The summed E-state index contributed by atoms with van der Waals surface area (Å²) in [5.74, 6) is 0.254. The van der Waals surface area contributed by atoms with Crippen molar-refractivity contribution in [1.29, 1.82) is 0 Å². The second kappa shape index (κ2) is 6.04. The molecule has 2 fully saturated rings. The Morgan fingerprint density at radius 1 is 1.26 bits per heavy atom. The molecule has 2 saturated heterocycles. The molecule has 2 aliphatic rings. The molecule has 0 bridgehead atoms. The van der Waals surface area contributed by atoms with Crippen molar-refractivity contribution in [3.05, 3.63) is 0 Å². The number of carbonyl (C=O) groups excluding carboxylic acids is 3. The molecule has 2 heterocycles. The van der Waals surface area contributed by atoms with Crippen LogP contribution in [0.2, 0.25) is 0 Å². The molecule has 0 radical (unpaired) electrons. The molecule has 2 aliphatic heterocycles. The van der Waals surface area contributed by atoms with Gasteiger partial charge in [-0.05, 0) is 12.8 Å². The molecule has 0 aliphatic carbocycles. The molecule has 19 heavy (non-hydrogen) atoms. The third-order valence-electron chi connectivity index (χ3n) is 3.78. The maximum atomic E-state index is 12.0. The van der Waals surface area contributed by atoms with Crippen molar-refractivity contribution in [2.75, 3.05) is 19.8 Å². The van der Waals surface area contributed by atoms with E-state index in [0.717, 1.165) is 6.42 Å². The quantitative estimate of drug-likeness (QED) is 0.784. The summed E-state index contributed by atoms with van der Waals surface area (Å²) in [5.41, 5.74) is 0. The summed E-state index contributed by atoms with van der Waals surface area (Å²) >= 11 is 0. The maximum absolute atomic E-state index is 12.0. The Kier molecular flexibility index (Phi) is 4.39. The Balaban J connectivity index is 1.72. The van der Waals surface area contributed by atoms with Gasteiger partial charge in [0.05, 0.1) is 6.67 Å². The molecule has 1 N–H and O–H groups in total. The zero-order chi connectivity index (χ0) is 13.8. The van der Waals surface area contributed by atoms with Crippen molar-refractivity contribution in [3.8, 4) is 0 Å². The molecule has 0 unspecified atom stereocenters. The van der Waals surface area contributed by atoms with Gasteiger partial charge >= 0.3 is 0 Å². The van der Waals surface area contributed by atoms with E-state index in [1.807, 2.05) is 6.92 Å². The van der Waals surface area contributed by atoms with Crippen LogP contribution >= 0.6 is 0 Å². The second-order valence-electron chi connectivity index (χ2n) is 5.15. The van der Waals surface area contributed by atoms with E-state index in [1.165, 1.54) is 0 Å². The Labute approximate surface area is 113 Å². The fraction of sp³-hybridized carbons (Fsp3) is 0.769. The fourth-order valence-corrected chi connectivity index (χ4v) is 2.57. The van der Waals surface area contributed by atoms with Gasteiger partial charge in [0.15, 0.2) is 0 Å². The first-order chi connectivity index (χ1) is 9.10. The predicted molar refractivity (Wildman–Crippen MR) is 69.0 cm³/mol. The van der Waals surface area contributed by atoms with E-state index in [0.29, 0.717) is 45.4 Å². The number of carbonyl (C=O) groups is 3. The molecule has 0 aromatic rings. The first kappa shape index (κ1) is 13.8. The first-order valence-corrected chi connectivity index (χ1v) is 6.95. The van der Waals surface area contributed by atoms with Crippen LogP contribution < -0.4 is 5.32 Å². The minimum absolute atomic E-state index is 0.0764. The molecule has 6 heteroatoms. The molecule has 0 spiro atoms. The van der Waals surface area contributed by atoms with Gasteiger partial charge in [-0.2, -0.15) is 0 Å². The summed E-state index contributed by atoms with van der Waals surface area (Å²) in [4.78, 5) is 38.0. The standard InChI is InChI=1S/C13H21N3O3/c1-2-12(18)15-7-8-16(9-15)13(19)6-4-10-3-5-11(17)14-10/h10H,2-9H2,1H3,(H,14,17)/t10-/m1/s1. The van der Waals surface area contributed by atoms with Gasteiger partial charge in [-0.15, -0.1) is 0 Å². The van der Waals surface area contributed by atoms with Crippen molar-refractivity contribution < 1.29 is 14.4 Å². The summed E-state index contributed by atoms with van der Waals surface area (Å²) < 4.78 is 0. The summed E-state index contributed by atoms with van der Waals surface area (Å²) in [6.07, 6.45) is 3.02. The summed E-state index contributed by atoms with van der Waals surface area (Å²) in [6.45, 7) is 3.51. The summed E-state index contributed by atoms with van der Waals surface area (Å²) in [5, 5.41) is 2.86. The lowest BCUT2D eigenvalue weighted by atomic mass is 10.1. The number of nitrogens with zero attached hydrogens (tertiary/aromatic N) is 2. The first-order valence-electron chi connectivity index (χ1n) is 6.95. The van der Waals surface area contributed by atoms with E-state index in [9.17, 15) is 14.4 Å². The molecule has 2 rings (SSSR count). The van der Waals surface area contributed by atoms with Crippen LogP contribution in [0.15, 0.2) is 0 Å². The average molecular weight is 267 g/mol. The zero-order valence-electron chi connectivity index (χ0n) is 11.4. The SMILES string of the molecule is CCC(=O)N1CCN(C(=O)CC[C@H]2CCC(=O)N2)C1. The molecule has 3 amide bonds. The van der Waals surface area contributed by atoms with Gasteiger partial charge in [0.1, 0.15) is 0 Å². The summed E-state index contributed by atoms with van der Waals surface area (Å²) in [7, 11) is 0. The number of amides is 3. The van der Waals surface area contributed by atoms with Crippen molar-refractivity contribution in [2.45, 2.75) is 45.1 Å². The second-order valence-corrected chi connectivity index (χ2v) is 5.15. The van der Waals surface area contributed by atoms with Crippen molar-refractivity contribution in [2.24, 2.45) is 0 Å². The molecule has 1 atom stereocenters. The van der Waals surface area contributed by atoms with Crippen LogP contribution in [-0.2, 0) is 14.4 Å². The van der Waals surface area contributed by atoms with Gasteiger partial charge in [0.2, 0.25) is 17.7 Å². The summed E-state index contributed by atoms with van der Waals surface area (Å²) in [6, 6.07) is 0.146. The molecule has 0 saturated carbocycles. The molecule has 0 aromatic heterocycles. The maximum Gasteiger partial charge on any atom is 0.224 e. The van der Waals surface area contributed by atoms with E-state index < -0.39 is 0 Å². The third-order valence-corrected chi connectivity index (χ3v) is 3.78. The van der Waals surface area contributed by atoms with Crippen LogP contribution in [0.1, 0.15) is 39.0 Å². The highest BCUT2D eigenvalue weighted by atomic mass is 16.2. The Morgan fingerprint density at radius 2 is 1.95 bits per heavy atom. The molecular formula is C13H21N3O3. The zero-order valence-corrected chi connectivity index (χ0v) is 11.4. The number of rotatable bonds is 4. The number of hydrogen-bond donors (Lipinski definition) is 1. The Morgan fingerprint density at radius 3 is 2.53 bits per heavy atom. The van der Waals surface area contributed by atoms with E-state index in [2.05, 4.69) is 5.32 Å². The van der Waals surface area contributed by atoms with Gasteiger partial charge in [-0.25, -0.2) is 0 Å². The Bertz CT molecular complexity index is 383. The van der Waals surface area contributed by atoms with Gasteiger partial charge < -0.3 is 15.1 Å². The highest BCUT2D eigenvalue weighted by Gasteiger charge is 2.27. The fourth-order valence-electron chi connectivity index (χ4n) is 2.57. The molecule has 6 nitrogen and oxygen atoms in total. The largest absolute Gasteiger partial charge is 0.353 e. The van der Waals surface area contributed by atoms with Crippen LogP contribution in [0, 0.1) is 0 Å². The van der Waals surface area contributed by atoms with Crippen LogP contribution in [0.3, 0.4) is 0 Å².